The molecule has 0 aliphatic carbocycles. The van der Waals surface area contributed by atoms with Gasteiger partial charge in [-0.2, -0.15) is 0 Å². The normalized spacial score (nSPS) is 10.5. The fraction of sp³-hybridized carbons (Fsp3) is 0.533. The van der Waals surface area contributed by atoms with Gasteiger partial charge in [-0.1, -0.05) is 26.0 Å². The second-order valence-corrected chi connectivity index (χ2v) is 4.87. The molecule has 2 N–H and O–H groups in total. The van der Waals surface area contributed by atoms with Crippen LogP contribution >= 0.6 is 0 Å². The molecule has 1 rings (SSSR count). The van der Waals surface area contributed by atoms with Gasteiger partial charge in [-0.15, -0.1) is 0 Å². The molecule has 0 aliphatic heterocycles. The summed E-state index contributed by atoms with van der Waals surface area (Å²) in [5.74, 6) is 0.840. The van der Waals surface area contributed by atoms with Crippen LogP contribution in [-0.2, 0) is 4.79 Å². The highest BCUT2D eigenvalue weighted by atomic mass is 16.5. The van der Waals surface area contributed by atoms with Crippen LogP contribution < -0.4 is 15.4 Å². The molecule has 0 aliphatic rings. The molecule has 4 nitrogen and oxygen atoms in total. The van der Waals surface area contributed by atoms with E-state index in [0.29, 0.717) is 25.6 Å². The number of rotatable bonds is 8. The van der Waals surface area contributed by atoms with Crippen molar-refractivity contribution in [1.82, 2.24) is 10.6 Å². The van der Waals surface area contributed by atoms with Gasteiger partial charge in [0.25, 0.3) is 0 Å². The molecule has 0 aromatic heterocycles. The highest BCUT2D eigenvalue weighted by Gasteiger charge is 2.01. The molecule has 0 saturated heterocycles. The van der Waals surface area contributed by atoms with E-state index in [-0.39, 0.29) is 5.91 Å². The lowest BCUT2D eigenvalue weighted by molar-refractivity contribution is -0.121. The number of nitrogens with one attached hydrogen (secondary N) is 2. The molecular formula is C15H24N2O2. The number of amides is 1. The Morgan fingerprint density at radius 3 is 2.79 bits per heavy atom. The second kappa shape index (κ2) is 8.53. The van der Waals surface area contributed by atoms with Gasteiger partial charge in [0.05, 0.1) is 13.0 Å². The number of carbonyl (C=O) groups is 1. The van der Waals surface area contributed by atoms with E-state index >= 15 is 0 Å². The largest absolute Gasteiger partial charge is 0.493 e. The molecule has 0 saturated carbocycles. The van der Waals surface area contributed by atoms with Crippen molar-refractivity contribution in [2.24, 2.45) is 0 Å². The van der Waals surface area contributed by atoms with Gasteiger partial charge in [0.1, 0.15) is 5.75 Å². The van der Waals surface area contributed by atoms with Gasteiger partial charge < -0.3 is 15.4 Å². The van der Waals surface area contributed by atoms with Crippen LogP contribution in [0.2, 0.25) is 0 Å². The first kappa shape index (κ1) is 15.5. The molecule has 0 unspecified atom stereocenters. The summed E-state index contributed by atoms with van der Waals surface area (Å²) in [6.07, 6.45) is 0.385. The van der Waals surface area contributed by atoms with Crippen LogP contribution in [0.5, 0.6) is 5.75 Å². The van der Waals surface area contributed by atoms with Gasteiger partial charge in [-0.05, 0) is 24.6 Å². The highest BCUT2D eigenvalue weighted by Crippen LogP contribution is 2.12. The summed E-state index contributed by atoms with van der Waals surface area (Å²) in [6.45, 7) is 8.03. The first-order valence-corrected chi connectivity index (χ1v) is 6.77. The fourth-order valence-corrected chi connectivity index (χ4v) is 1.62. The Kier molecular flexibility index (Phi) is 6.97. The zero-order valence-corrected chi connectivity index (χ0v) is 12.0. The summed E-state index contributed by atoms with van der Waals surface area (Å²) < 4.78 is 5.53. The van der Waals surface area contributed by atoms with Crippen molar-refractivity contribution in [3.63, 3.8) is 0 Å². The van der Waals surface area contributed by atoms with E-state index < -0.39 is 0 Å². The summed E-state index contributed by atoms with van der Waals surface area (Å²) in [5.41, 5.74) is 1.15. The summed E-state index contributed by atoms with van der Waals surface area (Å²) in [4.78, 5) is 11.5. The minimum atomic E-state index is 0.0261. The van der Waals surface area contributed by atoms with Crippen LogP contribution in [0, 0.1) is 6.92 Å². The van der Waals surface area contributed by atoms with Crippen molar-refractivity contribution in [1.29, 1.82) is 0 Å². The maximum atomic E-state index is 11.5. The zero-order valence-electron chi connectivity index (χ0n) is 12.0. The van der Waals surface area contributed by atoms with Crippen molar-refractivity contribution in [2.75, 3.05) is 19.7 Å². The topological polar surface area (TPSA) is 50.4 Å². The Morgan fingerprint density at radius 1 is 1.32 bits per heavy atom. The summed E-state index contributed by atoms with van der Waals surface area (Å²) in [6, 6.07) is 8.27. The van der Waals surface area contributed by atoms with Crippen molar-refractivity contribution in [3.05, 3.63) is 29.8 Å². The van der Waals surface area contributed by atoms with Crippen molar-refractivity contribution < 1.29 is 9.53 Å². The number of aryl methyl sites for hydroxylation is 1. The van der Waals surface area contributed by atoms with E-state index in [1.54, 1.807) is 0 Å². The Labute approximate surface area is 115 Å². The highest BCUT2D eigenvalue weighted by molar-refractivity contribution is 5.75. The molecule has 4 heteroatoms. The standard InChI is InChI=1S/C15H24N2O2/c1-12(2)16-8-9-17-15(18)7-10-19-14-6-4-5-13(3)11-14/h4-6,11-12,16H,7-10H2,1-3H3,(H,17,18). The lowest BCUT2D eigenvalue weighted by Crippen LogP contribution is -2.35. The number of benzene rings is 1. The minimum Gasteiger partial charge on any atom is -0.493 e. The molecule has 1 amide bonds. The van der Waals surface area contributed by atoms with E-state index in [1.165, 1.54) is 0 Å². The fourth-order valence-electron chi connectivity index (χ4n) is 1.62. The van der Waals surface area contributed by atoms with Crippen LogP contribution in [0.3, 0.4) is 0 Å². The van der Waals surface area contributed by atoms with Crippen LogP contribution in [0.25, 0.3) is 0 Å². The molecule has 0 atom stereocenters. The first-order valence-electron chi connectivity index (χ1n) is 6.77. The summed E-state index contributed by atoms with van der Waals surface area (Å²) >= 11 is 0. The van der Waals surface area contributed by atoms with E-state index in [4.69, 9.17) is 4.74 Å². The summed E-state index contributed by atoms with van der Waals surface area (Å²) in [7, 11) is 0. The van der Waals surface area contributed by atoms with Gasteiger partial charge in [-0.25, -0.2) is 0 Å². The SMILES string of the molecule is Cc1cccc(OCCC(=O)NCCNC(C)C)c1. The molecule has 1 aromatic rings. The number of hydrogen-bond donors (Lipinski definition) is 2. The maximum absolute atomic E-state index is 11.5. The third-order valence-electron chi connectivity index (χ3n) is 2.59. The zero-order chi connectivity index (χ0) is 14.1. The molecule has 106 valence electrons. The van der Waals surface area contributed by atoms with Crippen molar-refractivity contribution >= 4 is 5.91 Å². The van der Waals surface area contributed by atoms with Crippen molar-refractivity contribution in [2.45, 2.75) is 33.2 Å². The molecule has 0 spiro atoms. The monoisotopic (exact) mass is 264 g/mol. The van der Waals surface area contributed by atoms with E-state index in [2.05, 4.69) is 24.5 Å². The maximum Gasteiger partial charge on any atom is 0.223 e. The lowest BCUT2D eigenvalue weighted by atomic mass is 10.2. The number of ether oxygens (including phenoxy) is 1. The number of carbonyl (C=O) groups excluding carboxylic acids is 1. The molecule has 19 heavy (non-hydrogen) atoms. The van der Waals surface area contributed by atoms with Gasteiger partial charge in [0.2, 0.25) is 5.91 Å². The molecule has 0 heterocycles. The smallest absolute Gasteiger partial charge is 0.223 e. The van der Waals surface area contributed by atoms with E-state index in [0.717, 1.165) is 17.9 Å². The molecule has 1 aromatic carbocycles. The minimum absolute atomic E-state index is 0.0261. The van der Waals surface area contributed by atoms with Gasteiger partial charge in [0.15, 0.2) is 0 Å². The van der Waals surface area contributed by atoms with Gasteiger partial charge in [0, 0.05) is 19.1 Å². The van der Waals surface area contributed by atoms with Crippen molar-refractivity contribution in [3.8, 4) is 5.75 Å². The van der Waals surface area contributed by atoms with Crippen LogP contribution in [-0.4, -0.2) is 31.6 Å². The van der Waals surface area contributed by atoms with Crippen LogP contribution in [0.1, 0.15) is 25.8 Å². The van der Waals surface area contributed by atoms with E-state index in [9.17, 15) is 4.79 Å². The average molecular weight is 264 g/mol. The first-order chi connectivity index (χ1) is 9.08. The average Bonchev–Trinajstić information content (AvgIpc) is 2.34. The van der Waals surface area contributed by atoms with Gasteiger partial charge >= 0.3 is 0 Å². The summed E-state index contributed by atoms with van der Waals surface area (Å²) in [5, 5.41) is 6.10. The van der Waals surface area contributed by atoms with Crippen LogP contribution in [0.15, 0.2) is 24.3 Å². The molecule has 0 bridgehead atoms. The molecular weight excluding hydrogens is 240 g/mol. The third kappa shape index (κ3) is 7.47. The van der Waals surface area contributed by atoms with Gasteiger partial charge in [-0.3, -0.25) is 4.79 Å². The Morgan fingerprint density at radius 2 is 2.11 bits per heavy atom. The molecule has 0 radical (unpaired) electrons. The Hall–Kier alpha value is -1.55. The molecule has 0 fully saturated rings. The third-order valence-corrected chi connectivity index (χ3v) is 2.59. The predicted molar refractivity (Wildman–Crippen MR) is 77.4 cm³/mol. The Bertz CT molecular complexity index is 391. The van der Waals surface area contributed by atoms with E-state index in [1.807, 2.05) is 31.2 Å². The Balaban J connectivity index is 2.10. The lowest BCUT2D eigenvalue weighted by Gasteiger charge is -2.10. The van der Waals surface area contributed by atoms with Crippen LogP contribution in [0.4, 0.5) is 0 Å². The predicted octanol–water partition coefficient (Wildman–Crippen LogP) is 1.88. The quantitative estimate of drug-likeness (QED) is 0.705. The number of hydrogen-bond acceptors (Lipinski definition) is 3. The second-order valence-electron chi connectivity index (χ2n) is 4.87.